The average molecular weight is 283 g/mol. The third-order valence-electron chi connectivity index (χ3n) is 4.13. The molecule has 2 unspecified atom stereocenters. The van der Waals surface area contributed by atoms with E-state index >= 15 is 0 Å². The predicted molar refractivity (Wildman–Crippen MR) is 83.0 cm³/mol. The van der Waals surface area contributed by atoms with E-state index < -0.39 is 0 Å². The van der Waals surface area contributed by atoms with Gasteiger partial charge in [-0.1, -0.05) is 18.2 Å². The van der Waals surface area contributed by atoms with Gasteiger partial charge in [-0.25, -0.2) is 0 Å². The van der Waals surface area contributed by atoms with Crippen molar-refractivity contribution >= 4 is 0 Å². The van der Waals surface area contributed by atoms with Crippen molar-refractivity contribution in [1.82, 2.24) is 10.4 Å². The van der Waals surface area contributed by atoms with Crippen LogP contribution in [0.1, 0.15) is 42.1 Å². The molecule has 1 aromatic heterocycles. The van der Waals surface area contributed by atoms with Gasteiger partial charge >= 0.3 is 0 Å². The van der Waals surface area contributed by atoms with Crippen LogP contribution in [0, 0.1) is 0 Å². The number of hydrazine groups is 1. The van der Waals surface area contributed by atoms with Crippen molar-refractivity contribution in [3.8, 4) is 5.75 Å². The van der Waals surface area contributed by atoms with Gasteiger partial charge in [-0.15, -0.1) is 0 Å². The summed E-state index contributed by atoms with van der Waals surface area (Å²) < 4.78 is 5.49. The van der Waals surface area contributed by atoms with Crippen molar-refractivity contribution in [2.24, 2.45) is 5.84 Å². The fraction of sp³-hybridized carbons (Fsp3) is 0.353. The SMILES string of the molecule is CCOc1ccc(C(NN)C2CCc3cccnc32)cc1. The lowest BCUT2D eigenvalue weighted by molar-refractivity contribution is 0.340. The summed E-state index contributed by atoms with van der Waals surface area (Å²) in [6.45, 7) is 2.66. The van der Waals surface area contributed by atoms with Crippen molar-refractivity contribution in [1.29, 1.82) is 0 Å². The first-order chi connectivity index (χ1) is 10.3. The Morgan fingerprint density at radius 1 is 1.33 bits per heavy atom. The maximum Gasteiger partial charge on any atom is 0.119 e. The Morgan fingerprint density at radius 3 is 2.86 bits per heavy atom. The summed E-state index contributed by atoms with van der Waals surface area (Å²) in [7, 11) is 0. The Balaban J connectivity index is 1.85. The van der Waals surface area contributed by atoms with Crippen LogP contribution in [0.4, 0.5) is 0 Å². The molecule has 0 amide bonds. The minimum atomic E-state index is 0.0804. The lowest BCUT2D eigenvalue weighted by atomic mass is 9.91. The van der Waals surface area contributed by atoms with Crippen LogP contribution in [0.15, 0.2) is 42.6 Å². The summed E-state index contributed by atoms with van der Waals surface area (Å²) in [5, 5.41) is 0. The Labute approximate surface area is 125 Å². The summed E-state index contributed by atoms with van der Waals surface area (Å²) in [4.78, 5) is 4.56. The number of rotatable bonds is 5. The van der Waals surface area contributed by atoms with E-state index in [0.717, 1.165) is 18.6 Å². The number of fused-ring (bicyclic) bond motifs is 1. The fourth-order valence-electron chi connectivity index (χ4n) is 3.15. The van der Waals surface area contributed by atoms with E-state index in [2.05, 4.69) is 28.6 Å². The zero-order valence-electron chi connectivity index (χ0n) is 12.3. The smallest absolute Gasteiger partial charge is 0.119 e. The van der Waals surface area contributed by atoms with Crippen LogP contribution >= 0.6 is 0 Å². The lowest BCUT2D eigenvalue weighted by Gasteiger charge is -2.23. The van der Waals surface area contributed by atoms with E-state index in [1.54, 1.807) is 0 Å². The van der Waals surface area contributed by atoms with Gasteiger partial charge in [-0.05, 0) is 49.1 Å². The molecular weight excluding hydrogens is 262 g/mol. The monoisotopic (exact) mass is 283 g/mol. The number of nitrogens with zero attached hydrogens (tertiary/aromatic N) is 1. The minimum Gasteiger partial charge on any atom is -0.494 e. The molecule has 1 aromatic carbocycles. The first kappa shape index (κ1) is 14.0. The third-order valence-corrected chi connectivity index (χ3v) is 4.13. The Kier molecular flexibility index (Phi) is 4.18. The van der Waals surface area contributed by atoms with Gasteiger partial charge in [0.15, 0.2) is 0 Å². The molecule has 2 atom stereocenters. The van der Waals surface area contributed by atoms with Gasteiger partial charge < -0.3 is 4.74 Å². The molecular formula is C17H21N3O. The predicted octanol–water partition coefficient (Wildman–Crippen LogP) is 2.71. The number of nitrogens with two attached hydrogens (primary N) is 1. The summed E-state index contributed by atoms with van der Waals surface area (Å²) in [6, 6.07) is 12.4. The molecule has 0 radical (unpaired) electrons. The number of hydrogen-bond donors (Lipinski definition) is 2. The van der Waals surface area contributed by atoms with E-state index in [4.69, 9.17) is 10.6 Å². The van der Waals surface area contributed by atoms with Crippen molar-refractivity contribution in [2.75, 3.05) is 6.61 Å². The molecule has 0 saturated carbocycles. The maximum absolute atomic E-state index is 5.83. The van der Waals surface area contributed by atoms with Crippen LogP contribution in [0.5, 0.6) is 5.75 Å². The van der Waals surface area contributed by atoms with Crippen LogP contribution in [-0.2, 0) is 6.42 Å². The maximum atomic E-state index is 5.83. The molecule has 1 aliphatic rings. The van der Waals surface area contributed by atoms with Crippen molar-refractivity contribution in [3.05, 3.63) is 59.4 Å². The minimum absolute atomic E-state index is 0.0804. The topological polar surface area (TPSA) is 60.2 Å². The van der Waals surface area contributed by atoms with Crippen LogP contribution in [0.25, 0.3) is 0 Å². The quantitative estimate of drug-likeness (QED) is 0.654. The molecule has 0 spiro atoms. The van der Waals surface area contributed by atoms with Crippen LogP contribution in [0.2, 0.25) is 0 Å². The summed E-state index contributed by atoms with van der Waals surface area (Å²) in [6.07, 6.45) is 4.01. The second-order valence-corrected chi connectivity index (χ2v) is 5.34. The molecule has 0 saturated heterocycles. The number of pyridine rings is 1. The van der Waals surface area contributed by atoms with Gasteiger partial charge in [-0.3, -0.25) is 16.3 Å². The second-order valence-electron chi connectivity index (χ2n) is 5.34. The standard InChI is InChI=1S/C17H21N3O/c1-2-21-14-8-5-13(6-9-14)17(20-18)15-10-7-12-4-3-11-19-16(12)15/h3-6,8-9,11,15,17,20H,2,7,10,18H2,1H3. The molecule has 2 aromatic rings. The fourth-order valence-corrected chi connectivity index (χ4v) is 3.15. The van der Waals surface area contributed by atoms with Crippen molar-refractivity contribution in [2.45, 2.75) is 31.7 Å². The molecule has 0 fully saturated rings. The Morgan fingerprint density at radius 2 is 2.14 bits per heavy atom. The molecule has 3 N–H and O–H groups in total. The Bertz CT molecular complexity index is 597. The van der Waals surface area contributed by atoms with E-state index in [1.807, 2.05) is 31.3 Å². The number of aromatic nitrogens is 1. The largest absolute Gasteiger partial charge is 0.494 e. The highest BCUT2D eigenvalue weighted by Crippen LogP contribution is 2.40. The third kappa shape index (κ3) is 2.77. The van der Waals surface area contributed by atoms with Crippen LogP contribution in [0.3, 0.4) is 0 Å². The van der Waals surface area contributed by atoms with Crippen molar-refractivity contribution in [3.63, 3.8) is 0 Å². The molecule has 0 aliphatic heterocycles. The zero-order valence-corrected chi connectivity index (χ0v) is 12.3. The average Bonchev–Trinajstić information content (AvgIpc) is 2.94. The summed E-state index contributed by atoms with van der Waals surface area (Å²) in [5.74, 6) is 7.04. The Hall–Kier alpha value is -1.91. The molecule has 0 bridgehead atoms. The van der Waals surface area contributed by atoms with Gasteiger partial charge in [0.05, 0.1) is 12.6 Å². The van der Waals surface area contributed by atoms with Crippen LogP contribution in [-0.4, -0.2) is 11.6 Å². The molecule has 4 heteroatoms. The number of benzene rings is 1. The first-order valence-corrected chi connectivity index (χ1v) is 7.46. The highest BCUT2D eigenvalue weighted by Gasteiger charge is 2.31. The van der Waals surface area contributed by atoms with E-state index in [9.17, 15) is 0 Å². The first-order valence-electron chi connectivity index (χ1n) is 7.46. The molecule has 4 nitrogen and oxygen atoms in total. The van der Waals surface area contributed by atoms with Gasteiger partial charge in [0, 0.05) is 17.8 Å². The van der Waals surface area contributed by atoms with Gasteiger partial charge in [0.25, 0.3) is 0 Å². The number of hydrogen-bond acceptors (Lipinski definition) is 4. The molecule has 110 valence electrons. The second kappa shape index (κ2) is 6.24. The molecule has 3 rings (SSSR count). The lowest BCUT2D eigenvalue weighted by Crippen LogP contribution is -2.32. The molecule has 1 heterocycles. The summed E-state index contributed by atoms with van der Waals surface area (Å²) in [5.41, 5.74) is 6.66. The van der Waals surface area contributed by atoms with Gasteiger partial charge in [0.2, 0.25) is 0 Å². The van der Waals surface area contributed by atoms with Gasteiger partial charge in [-0.2, -0.15) is 0 Å². The van der Waals surface area contributed by atoms with E-state index in [1.165, 1.54) is 16.8 Å². The van der Waals surface area contributed by atoms with Gasteiger partial charge in [0.1, 0.15) is 5.75 Å². The highest BCUT2D eigenvalue weighted by molar-refractivity contribution is 5.35. The van der Waals surface area contributed by atoms with Crippen molar-refractivity contribution < 1.29 is 4.74 Å². The molecule has 1 aliphatic carbocycles. The number of nitrogens with one attached hydrogen (secondary N) is 1. The molecule has 21 heavy (non-hydrogen) atoms. The normalized spacial score (nSPS) is 18.3. The highest BCUT2D eigenvalue weighted by atomic mass is 16.5. The van der Waals surface area contributed by atoms with E-state index in [-0.39, 0.29) is 6.04 Å². The van der Waals surface area contributed by atoms with Crippen LogP contribution < -0.4 is 16.0 Å². The summed E-state index contributed by atoms with van der Waals surface area (Å²) >= 11 is 0. The number of ether oxygens (including phenoxy) is 1. The van der Waals surface area contributed by atoms with E-state index in [0.29, 0.717) is 12.5 Å². The zero-order chi connectivity index (χ0) is 14.7. The number of aryl methyl sites for hydroxylation is 1.